The van der Waals surface area contributed by atoms with Gasteiger partial charge in [-0.15, -0.1) is 5.10 Å². The number of aromatic nitrogens is 3. The summed E-state index contributed by atoms with van der Waals surface area (Å²) in [6, 6.07) is 7.28. The van der Waals surface area contributed by atoms with Crippen molar-refractivity contribution >= 4 is 11.9 Å². The maximum Gasteiger partial charge on any atom is 0.328 e. The lowest BCUT2D eigenvalue weighted by Gasteiger charge is -2.05. The molecule has 0 saturated carbocycles. The summed E-state index contributed by atoms with van der Waals surface area (Å²) in [5.74, 6) is 0.483. The molecule has 0 atom stereocenters. The first-order valence-corrected chi connectivity index (χ1v) is 5.61. The summed E-state index contributed by atoms with van der Waals surface area (Å²) in [4.78, 5) is 15.3. The Morgan fingerprint density at radius 2 is 2.11 bits per heavy atom. The topological polar surface area (TPSA) is 92.3 Å². The van der Waals surface area contributed by atoms with Gasteiger partial charge in [-0.2, -0.15) is 0 Å². The van der Waals surface area contributed by atoms with Crippen molar-refractivity contribution in [1.29, 1.82) is 0 Å². The second-order valence-electron chi connectivity index (χ2n) is 3.81. The molecular weight excluding hydrogens is 248 g/mol. The molecule has 0 aliphatic rings. The van der Waals surface area contributed by atoms with E-state index in [1.165, 1.54) is 11.0 Å². The number of hydrogen-bond acceptors (Lipinski definition) is 6. The molecule has 0 bridgehead atoms. The molecule has 0 spiro atoms. The normalized spacial score (nSPS) is 10.2. The van der Waals surface area contributed by atoms with Gasteiger partial charge in [-0.3, -0.25) is 4.79 Å². The minimum absolute atomic E-state index is 0.0135. The summed E-state index contributed by atoms with van der Waals surface area (Å²) in [6.45, 7) is 0.188. The Kier molecular flexibility index (Phi) is 3.97. The van der Waals surface area contributed by atoms with Crippen molar-refractivity contribution in [3.8, 4) is 5.75 Å². The first kappa shape index (κ1) is 12.9. The summed E-state index contributed by atoms with van der Waals surface area (Å²) in [5.41, 5.74) is 6.22. The molecule has 1 heterocycles. The van der Waals surface area contributed by atoms with E-state index in [2.05, 4.69) is 10.1 Å². The van der Waals surface area contributed by atoms with E-state index in [1.54, 1.807) is 19.2 Å². The maximum absolute atomic E-state index is 11.5. The van der Waals surface area contributed by atoms with Crippen LogP contribution >= 0.6 is 0 Å². The summed E-state index contributed by atoms with van der Waals surface area (Å²) < 4.78 is 11.5. The summed E-state index contributed by atoms with van der Waals surface area (Å²) >= 11 is 0. The lowest BCUT2D eigenvalue weighted by molar-refractivity contribution is -0.145. The molecule has 2 N–H and O–H groups in total. The number of carbonyl (C=O) groups excluding carboxylic acids is 1. The van der Waals surface area contributed by atoms with Crippen LogP contribution in [0, 0.1) is 0 Å². The van der Waals surface area contributed by atoms with Gasteiger partial charge in [0.25, 0.3) is 0 Å². The van der Waals surface area contributed by atoms with Crippen LogP contribution in [-0.2, 0) is 22.7 Å². The molecule has 100 valence electrons. The Morgan fingerprint density at radius 1 is 1.37 bits per heavy atom. The van der Waals surface area contributed by atoms with E-state index in [9.17, 15) is 4.79 Å². The number of hydrogen-bond donors (Lipinski definition) is 1. The Balaban J connectivity index is 1.82. The molecule has 2 aromatic rings. The Bertz CT molecular complexity index is 550. The van der Waals surface area contributed by atoms with Crippen LogP contribution in [0.25, 0.3) is 0 Å². The van der Waals surface area contributed by atoms with Crippen molar-refractivity contribution < 1.29 is 14.3 Å². The number of nitrogens with two attached hydrogens (primary N) is 1. The van der Waals surface area contributed by atoms with Crippen molar-refractivity contribution in [1.82, 2.24) is 14.8 Å². The van der Waals surface area contributed by atoms with Gasteiger partial charge in [-0.25, -0.2) is 9.67 Å². The number of ether oxygens (including phenoxy) is 2. The molecule has 0 fully saturated rings. The molecule has 1 aromatic heterocycles. The summed E-state index contributed by atoms with van der Waals surface area (Å²) in [6.07, 6.45) is 1.38. The number of esters is 1. The number of anilines is 1. The van der Waals surface area contributed by atoms with Gasteiger partial charge in [0.05, 0.1) is 7.11 Å². The zero-order valence-corrected chi connectivity index (χ0v) is 10.4. The van der Waals surface area contributed by atoms with Crippen molar-refractivity contribution in [2.75, 3.05) is 12.8 Å². The highest BCUT2D eigenvalue weighted by Crippen LogP contribution is 2.12. The molecule has 1 aromatic carbocycles. The van der Waals surface area contributed by atoms with Crippen LogP contribution in [0.4, 0.5) is 5.95 Å². The van der Waals surface area contributed by atoms with E-state index < -0.39 is 5.97 Å². The SMILES string of the molecule is COc1ccc(COC(=O)Cn2cnc(N)n2)cc1. The van der Waals surface area contributed by atoms with E-state index in [4.69, 9.17) is 15.2 Å². The molecule has 0 amide bonds. The predicted molar refractivity (Wildman–Crippen MR) is 67.2 cm³/mol. The third kappa shape index (κ3) is 3.70. The number of carbonyl (C=O) groups is 1. The van der Waals surface area contributed by atoms with Gasteiger partial charge in [-0.05, 0) is 17.7 Å². The van der Waals surface area contributed by atoms with Gasteiger partial charge < -0.3 is 15.2 Å². The molecule has 0 radical (unpaired) electrons. The fourth-order valence-electron chi connectivity index (χ4n) is 1.45. The third-order valence-electron chi connectivity index (χ3n) is 2.40. The van der Waals surface area contributed by atoms with Gasteiger partial charge in [-0.1, -0.05) is 12.1 Å². The van der Waals surface area contributed by atoms with Crippen molar-refractivity contribution in [2.45, 2.75) is 13.2 Å². The van der Waals surface area contributed by atoms with Gasteiger partial charge in [0.2, 0.25) is 5.95 Å². The highest BCUT2D eigenvalue weighted by molar-refractivity contribution is 5.69. The standard InChI is InChI=1S/C12H14N4O3/c1-18-10-4-2-9(3-5-10)7-19-11(17)6-16-8-14-12(13)15-16/h2-5,8H,6-7H2,1H3,(H2,13,15). The Hall–Kier alpha value is -2.57. The zero-order chi connectivity index (χ0) is 13.7. The van der Waals surface area contributed by atoms with E-state index in [0.29, 0.717) is 0 Å². The zero-order valence-electron chi connectivity index (χ0n) is 10.4. The molecular formula is C12H14N4O3. The van der Waals surface area contributed by atoms with Gasteiger partial charge in [0.1, 0.15) is 25.2 Å². The monoisotopic (exact) mass is 262 g/mol. The first-order valence-electron chi connectivity index (χ1n) is 5.61. The fraction of sp³-hybridized carbons (Fsp3) is 0.250. The Labute approximate surface area is 110 Å². The smallest absolute Gasteiger partial charge is 0.328 e. The van der Waals surface area contributed by atoms with Crippen LogP contribution < -0.4 is 10.5 Å². The minimum atomic E-state index is -0.402. The second-order valence-corrected chi connectivity index (χ2v) is 3.81. The maximum atomic E-state index is 11.5. The molecule has 19 heavy (non-hydrogen) atoms. The van der Waals surface area contributed by atoms with Crippen LogP contribution in [-0.4, -0.2) is 27.8 Å². The largest absolute Gasteiger partial charge is 0.497 e. The van der Waals surface area contributed by atoms with Crippen molar-refractivity contribution in [2.24, 2.45) is 0 Å². The van der Waals surface area contributed by atoms with Gasteiger partial charge in [0.15, 0.2) is 0 Å². The van der Waals surface area contributed by atoms with E-state index >= 15 is 0 Å². The molecule has 2 rings (SSSR count). The third-order valence-corrected chi connectivity index (χ3v) is 2.40. The minimum Gasteiger partial charge on any atom is -0.497 e. The van der Waals surface area contributed by atoms with Crippen molar-refractivity contribution in [3.63, 3.8) is 0 Å². The Morgan fingerprint density at radius 3 is 2.68 bits per heavy atom. The predicted octanol–water partition coefficient (Wildman–Crippen LogP) is 0.612. The summed E-state index contributed by atoms with van der Waals surface area (Å²) in [5, 5.41) is 3.79. The number of benzene rings is 1. The second kappa shape index (κ2) is 5.85. The lowest BCUT2D eigenvalue weighted by Crippen LogP contribution is -2.14. The highest BCUT2D eigenvalue weighted by atomic mass is 16.5. The number of methoxy groups -OCH3 is 1. The van der Waals surface area contributed by atoms with E-state index in [1.807, 2.05) is 12.1 Å². The highest BCUT2D eigenvalue weighted by Gasteiger charge is 2.06. The van der Waals surface area contributed by atoms with Gasteiger partial charge >= 0.3 is 5.97 Å². The molecule has 0 saturated heterocycles. The fourth-order valence-corrected chi connectivity index (χ4v) is 1.45. The average molecular weight is 262 g/mol. The van der Waals surface area contributed by atoms with Crippen LogP contribution in [0.15, 0.2) is 30.6 Å². The lowest BCUT2D eigenvalue weighted by atomic mass is 10.2. The van der Waals surface area contributed by atoms with E-state index in [-0.39, 0.29) is 19.1 Å². The van der Waals surface area contributed by atoms with Gasteiger partial charge in [0, 0.05) is 0 Å². The van der Waals surface area contributed by atoms with Crippen molar-refractivity contribution in [3.05, 3.63) is 36.2 Å². The van der Waals surface area contributed by atoms with Crippen LogP contribution in [0.1, 0.15) is 5.56 Å². The number of nitrogens with zero attached hydrogens (tertiary/aromatic N) is 3. The molecule has 7 nitrogen and oxygen atoms in total. The van der Waals surface area contributed by atoms with E-state index in [0.717, 1.165) is 11.3 Å². The van der Waals surface area contributed by atoms with Crippen LogP contribution in [0.2, 0.25) is 0 Å². The molecule has 0 unspecified atom stereocenters. The molecule has 7 heteroatoms. The van der Waals surface area contributed by atoms with Crippen LogP contribution in [0.5, 0.6) is 5.75 Å². The van der Waals surface area contributed by atoms with Crippen LogP contribution in [0.3, 0.4) is 0 Å². The number of nitrogen functional groups attached to an aromatic ring is 1. The molecule has 0 aliphatic carbocycles. The first-order chi connectivity index (χ1) is 9.17. The summed E-state index contributed by atoms with van der Waals surface area (Å²) in [7, 11) is 1.60. The molecule has 0 aliphatic heterocycles. The average Bonchev–Trinajstić information content (AvgIpc) is 2.82. The number of rotatable bonds is 5. The quantitative estimate of drug-likeness (QED) is 0.794.